The summed E-state index contributed by atoms with van der Waals surface area (Å²) in [6, 6.07) is 0. The summed E-state index contributed by atoms with van der Waals surface area (Å²) < 4.78 is 11.6. The smallest absolute Gasteiger partial charge is 0.322 e. The number of carbonyl (C=O) groups is 3. The summed E-state index contributed by atoms with van der Waals surface area (Å²) in [4.78, 5) is 38.7. The Morgan fingerprint density at radius 2 is 1.76 bits per heavy atom. The van der Waals surface area contributed by atoms with Crippen LogP contribution < -0.4 is 0 Å². The van der Waals surface area contributed by atoms with E-state index < -0.39 is 31.7 Å². The van der Waals surface area contributed by atoms with Gasteiger partial charge >= 0.3 is 5.97 Å². The molecule has 0 amide bonds. The van der Waals surface area contributed by atoms with Gasteiger partial charge in [-0.3, -0.25) is 14.4 Å². The van der Waals surface area contributed by atoms with Gasteiger partial charge in [0, 0.05) is 18.8 Å². The second-order valence-corrected chi connectivity index (χ2v) is 13.9. The molecular weight excluding hydrogens is 336 g/mol. The molecule has 0 aromatic heterocycles. The second kappa shape index (κ2) is 6.61. The molecule has 25 heavy (non-hydrogen) atoms. The molecule has 0 aromatic carbocycles. The first-order valence-corrected chi connectivity index (χ1v) is 12.1. The van der Waals surface area contributed by atoms with Crippen LogP contribution in [0.25, 0.3) is 0 Å². The zero-order valence-corrected chi connectivity index (χ0v) is 17.6. The lowest BCUT2D eigenvalue weighted by Gasteiger charge is -2.52. The van der Waals surface area contributed by atoms with Crippen molar-refractivity contribution >= 4 is 25.9 Å². The Kier molecular flexibility index (Phi) is 5.37. The van der Waals surface area contributed by atoms with E-state index in [-0.39, 0.29) is 35.4 Å². The summed E-state index contributed by atoms with van der Waals surface area (Å²) in [6.07, 6.45) is 1.15. The van der Waals surface area contributed by atoms with E-state index in [0.29, 0.717) is 6.42 Å². The number of ketones is 2. The van der Waals surface area contributed by atoms with Crippen molar-refractivity contribution in [2.24, 2.45) is 17.3 Å². The van der Waals surface area contributed by atoms with Crippen molar-refractivity contribution in [3.63, 3.8) is 0 Å². The molecule has 6 heteroatoms. The Bertz CT molecular complexity index is 567. The summed E-state index contributed by atoms with van der Waals surface area (Å²) in [5.41, 5.74) is -1.46. The van der Waals surface area contributed by atoms with E-state index in [1.165, 1.54) is 7.11 Å². The molecule has 2 aliphatic carbocycles. The van der Waals surface area contributed by atoms with Gasteiger partial charge in [-0.25, -0.2) is 0 Å². The van der Waals surface area contributed by atoms with Crippen LogP contribution in [0.4, 0.5) is 0 Å². The van der Waals surface area contributed by atoms with Crippen LogP contribution in [-0.4, -0.2) is 39.1 Å². The lowest BCUT2D eigenvalue weighted by molar-refractivity contribution is -0.184. The van der Waals surface area contributed by atoms with Crippen molar-refractivity contribution in [3.8, 4) is 0 Å². The number of fused-ring (bicyclic) bond motifs is 1. The normalized spacial score (nSPS) is 33.8. The summed E-state index contributed by atoms with van der Waals surface area (Å²) >= 11 is 0. The van der Waals surface area contributed by atoms with Gasteiger partial charge in [0.25, 0.3) is 0 Å². The summed E-state index contributed by atoms with van der Waals surface area (Å²) in [5, 5.41) is -0.0510. The SMILES string of the molecule is COC(=O)[C@@]12C(=O)CCC(=O)[C@H]1[C@@H](C)CC[C@H]2O[Si](C)(C)C(C)(C)C. The molecule has 2 aliphatic rings. The highest BCUT2D eigenvalue weighted by molar-refractivity contribution is 6.74. The lowest BCUT2D eigenvalue weighted by Crippen LogP contribution is -2.65. The maximum Gasteiger partial charge on any atom is 0.322 e. The Labute approximate surface area is 152 Å². The number of esters is 1. The monoisotopic (exact) mass is 368 g/mol. The first kappa shape index (κ1) is 20.3. The topological polar surface area (TPSA) is 69.7 Å². The third-order valence-electron chi connectivity index (χ3n) is 6.62. The molecule has 2 rings (SSSR count). The Morgan fingerprint density at radius 3 is 2.28 bits per heavy atom. The Hall–Kier alpha value is -1.01. The molecule has 142 valence electrons. The second-order valence-electron chi connectivity index (χ2n) is 9.15. The average molecular weight is 369 g/mol. The summed E-state index contributed by atoms with van der Waals surface area (Å²) in [6.45, 7) is 12.6. The van der Waals surface area contributed by atoms with Crippen LogP contribution in [-0.2, 0) is 23.5 Å². The van der Waals surface area contributed by atoms with E-state index in [2.05, 4.69) is 33.9 Å². The standard InChI is InChI=1S/C19H32O5Si/c1-12-8-11-15(24-25(6,7)18(2,3)4)19(17(22)23-5)14(21)10-9-13(20)16(12)19/h12,15-16H,8-11H2,1-7H3/t12-,15+,16+,19+/m0/s1. The maximum absolute atomic E-state index is 13.1. The van der Waals surface area contributed by atoms with Gasteiger partial charge in [-0.2, -0.15) is 0 Å². The minimum atomic E-state index is -2.22. The van der Waals surface area contributed by atoms with Gasteiger partial charge in [0.05, 0.1) is 13.2 Å². The fourth-order valence-electron chi connectivity index (χ4n) is 4.21. The van der Waals surface area contributed by atoms with Gasteiger partial charge in [-0.05, 0) is 36.9 Å². The van der Waals surface area contributed by atoms with Crippen molar-refractivity contribution in [1.82, 2.24) is 0 Å². The van der Waals surface area contributed by atoms with Crippen LogP contribution in [0.5, 0.6) is 0 Å². The molecular formula is C19H32O5Si. The molecule has 0 aromatic rings. The highest BCUT2D eigenvalue weighted by Gasteiger charge is 2.66. The fraction of sp³-hybridized carbons (Fsp3) is 0.842. The van der Waals surface area contributed by atoms with Gasteiger partial charge in [0.1, 0.15) is 5.78 Å². The van der Waals surface area contributed by atoms with Gasteiger partial charge in [-0.1, -0.05) is 27.7 Å². The van der Waals surface area contributed by atoms with Crippen molar-refractivity contribution in [2.75, 3.05) is 7.11 Å². The number of Topliss-reactive ketones (excluding diaryl/α,β-unsaturated/α-hetero) is 2. The first-order valence-electron chi connectivity index (χ1n) is 9.21. The zero-order valence-electron chi connectivity index (χ0n) is 16.6. The van der Waals surface area contributed by atoms with Gasteiger partial charge in [0.15, 0.2) is 19.5 Å². The number of carbonyl (C=O) groups excluding carboxylic acids is 3. The molecule has 0 radical (unpaired) electrons. The van der Waals surface area contributed by atoms with Crippen LogP contribution in [0.15, 0.2) is 0 Å². The fourth-order valence-corrected chi connectivity index (χ4v) is 5.58. The molecule has 0 saturated heterocycles. The van der Waals surface area contributed by atoms with E-state index in [4.69, 9.17) is 9.16 Å². The predicted octanol–water partition coefficient (Wildman–Crippen LogP) is 3.51. The molecule has 0 heterocycles. The van der Waals surface area contributed by atoms with Gasteiger partial charge < -0.3 is 9.16 Å². The van der Waals surface area contributed by atoms with E-state index in [0.717, 1.165) is 6.42 Å². The van der Waals surface area contributed by atoms with Gasteiger partial charge in [0.2, 0.25) is 0 Å². The summed E-state index contributed by atoms with van der Waals surface area (Å²) in [5.74, 6) is -1.41. The van der Waals surface area contributed by atoms with Crippen molar-refractivity contribution in [2.45, 2.75) is 77.6 Å². The van der Waals surface area contributed by atoms with E-state index in [9.17, 15) is 14.4 Å². The van der Waals surface area contributed by atoms with Crippen LogP contribution in [0.1, 0.15) is 53.4 Å². The molecule has 4 atom stereocenters. The minimum Gasteiger partial charge on any atom is -0.468 e. The lowest BCUT2D eigenvalue weighted by atomic mass is 9.53. The van der Waals surface area contributed by atoms with E-state index >= 15 is 0 Å². The first-order chi connectivity index (χ1) is 11.4. The zero-order chi connectivity index (χ0) is 19.2. The van der Waals surface area contributed by atoms with Crippen LogP contribution in [0, 0.1) is 17.3 Å². The molecule has 0 unspecified atom stereocenters. The van der Waals surface area contributed by atoms with E-state index in [1.807, 2.05) is 6.92 Å². The molecule has 0 bridgehead atoms. The number of rotatable bonds is 3. The largest absolute Gasteiger partial charge is 0.468 e. The average Bonchev–Trinajstić information content (AvgIpc) is 2.50. The summed E-state index contributed by atoms with van der Waals surface area (Å²) in [7, 11) is -0.924. The molecule has 2 fully saturated rings. The highest BCUT2D eigenvalue weighted by Crippen LogP contribution is 2.53. The molecule has 2 saturated carbocycles. The van der Waals surface area contributed by atoms with Crippen molar-refractivity contribution in [3.05, 3.63) is 0 Å². The van der Waals surface area contributed by atoms with Crippen molar-refractivity contribution in [1.29, 1.82) is 0 Å². The third kappa shape index (κ3) is 3.12. The molecule has 0 aliphatic heterocycles. The number of hydrogen-bond donors (Lipinski definition) is 0. The van der Waals surface area contributed by atoms with Crippen molar-refractivity contribution < 1.29 is 23.5 Å². The van der Waals surface area contributed by atoms with Crippen LogP contribution in [0.2, 0.25) is 18.1 Å². The molecule has 5 nitrogen and oxygen atoms in total. The predicted molar refractivity (Wildman–Crippen MR) is 97.7 cm³/mol. The maximum atomic E-state index is 13.1. The number of methoxy groups -OCH3 is 1. The Balaban J connectivity index is 2.56. The third-order valence-corrected chi connectivity index (χ3v) is 11.1. The molecule has 0 spiro atoms. The van der Waals surface area contributed by atoms with Gasteiger partial charge in [-0.15, -0.1) is 0 Å². The number of hydrogen-bond acceptors (Lipinski definition) is 5. The van der Waals surface area contributed by atoms with Crippen LogP contribution >= 0.6 is 0 Å². The molecule has 0 N–H and O–H groups in total. The Morgan fingerprint density at radius 1 is 1.16 bits per heavy atom. The highest BCUT2D eigenvalue weighted by atomic mass is 28.4. The quantitative estimate of drug-likeness (QED) is 0.433. The van der Waals surface area contributed by atoms with Crippen LogP contribution in [0.3, 0.4) is 0 Å². The van der Waals surface area contributed by atoms with E-state index in [1.54, 1.807) is 0 Å². The minimum absolute atomic E-state index is 0.000955. The number of ether oxygens (including phenoxy) is 1.